The van der Waals surface area contributed by atoms with Crippen LogP contribution >= 0.6 is 11.8 Å². The van der Waals surface area contributed by atoms with E-state index in [2.05, 4.69) is 5.32 Å². The average molecular weight is 443 g/mol. The second kappa shape index (κ2) is 9.32. The van der Waals surface area contributed by atoms with Crippen LogP contribution in [0.1, 0.15) is 18.0 Å². The van der Waals surface area contributed by atoms with Gasteiger partial charge in [0.05, 0.1) is 18.4 Å². The van der Waals surface area contributed by atoms with Crippen LogP contribution in [0.5, 0.6) is 5.75 Å². The molecule has 0 saturated carbocycles. The summed E-state index contributed by atoms with van der Waals surface area (Å²) in [6, 6.07) is 27.6. The Labute approximate surface area is 190 Å². The Morgan fingerprint density at radius 1 is 0.938 bits per heavy atom. The first kappa shape index (κ1) is 20.4. The fraction of sp³-hybridized carbons (Fsp3) is 0.154. The standard InChI is InChI=1S/C26H22N2O3S/c29-23(27-21-15-16-30-22-14-8-7-13-20(21)22)17-32-26-28-24(18-9-3-1-4-10-18)25(31-26)19-11-5-2-6-12-19/h1-14,21H,15-17H2,(H,27,29). The molecule has 0 fully saturated rings. The number of carbonyl (C=O) groups is 1. The van der Waals surface area contributed by atoms with Gasteiger partial charge in [-0.3, -0.25) is 4.79 Å². The quantitative estimate of drug-likeness (QED) is 0.386. The van der Waals surface area contributed by atoms with E-state index in [9.17, 15) is 4.79 Å². The Morgan fingerprint density at radius 3 is 2.41 bits per heavy atom. The molecule has 1 unspecified atom stereocenters. The van der Waals surface area contributed by atoms with Gasteiger partial charge >= 0.3 is 0 Å². The van der Waals surface area contributed by atoms with Crippen molar-refractivity contribution in [3.05, 3.63) is 90.5 Å². The van der Waals surface area contributed by atoms with E-state index in [1.54, 1.807) is 0 Å². The third-order valence-corrected chi connectivity index (χ3v) is 6.14. The maximum absolute atomic E-state index is 12.7. The average Bonchev–Trinajstić information content (AvgIpc) is 3.29. The lowest BCUT2D eigenvalue weighted by Crippen LogP contribution is -2.33. The summed E-state index contributed by atoms with van der Waals surface area (Å²) in [4.78, 5) is 17.4. The molecule has 0 saturated heterocycles. The summed E-state index contributed by atoms with van der Waals surface area (Å²) in [6.07, 6.45) is 0.753. The van der Waals surface area contributed by atoms with E-state index in [0.717, 1.165) is 34.6 Å². The Bertz CT molecular complexity index is 1150. The molecule has 0 radical (unpaired) electrons. The first-order valence-corrected chi connectivity index (χ1v) is 11.5. The van der Waals surface area contributed by atoms with Crippen LogP contribution in [0, 0.1) is 0 Å². The molecule has 0 bridgehead atoms. The largest absolute Gasteiger partial charge is 0.493 e. The minimum absolute atomic E-state index is 0.0441. The molecule has 2 heterocycles. The normalized spacial score (nSPS) is 14.9. The molecule has 5 nitrogen and oxygen atoms in total. The first-order valence-electron chi connectivity index (χ1n) is 10.5. The van der Waals surface area contributed by atoms with Crippen LogP contribution in [-0.4, -0.2) is 23.3 Å². The number of ether oxygens (including phenoxy) is 1. The molecule has 1 aliphatic rings. The van der Waals surface area contributed by atoms with Gasteiger partial charge in [0.1, 0.15) is 11.4 Å². The van der Waals surface area contributed by atoms with E-state index in [4.69, 9.17) is 14.1 Å². The number of nitrogens with one attached hydrogen (secondary N) is 1. The monoisotopic (exact) mass is 442 g/mol. The van der Waals surface area contributed by atoms with E-state index in [-0.39, 0.29) is 17.7 Å². The number of carbonyl (C=O) groups excluding carboxylic acids is 1. The van der Waals surface area contributed by atoms with Crippen molar-refractivity contribution in [3.8, 4) is 28.3 Å². The molecule has 0 spiro atoms. The fourth-order valence-corrected chi connectivity index (χ4v) is 4.43. The smallest absolute Gasteiger partial charge is 0.257 e. The number of nitrogens with zero attached hydrogens (tertiary/aromatic N) is 1. The molecule has 0 aliphatic carbocycles. The number of thioether (sulfide) groups is 1. The number of hydrogen-bond donors (Lipinski definition) is 1. The van der Waals surface area contributed by atoms with E-state index in [1.807, 2.05) is 84.9 Å². The highest BCUT2D eigenvalue weighted by molar-refractivity contribution is 7.99. The number of hydrogen-bond acceptors (Lipinski definition) is 5. The maximum Gasteiger partial charge on any atom is 0.257 e. The van der Waals surface area contributed by atoms with Crippen molar-refractivity contribution in [3.63, 3.8) is 0 Å². The van der Waals surface area contributed by atoms with Gasteiger partial charge in [0.25, 0.3) is 5.22 Å². The summed E-state index contributed by atoms with van der Waals surface area (Å²) < 4.78 is 11.8. The molecule has 3 aromatic carbocycles. The van der Waals surface area contributed by atoms with E-state index >= 15 is 0 Å². The highest BCUT2D eigenvalue weighted by Gasteiger charge is 2.23. The van der Waals surface area contributed by atoms with Gasteiger partial charge in [-0.1, -0.05) is 90.6 Å². The minimum Gasteiger partial charge on any atom is -0.493 e. The van der Waals surface area contributed by atoms with Gasteiger partial charge in [0.2, 0.25) is 5.91 Å². The fourth-order valence-electron chi connectivity index (χ4n) is 3.79. The Balaban J connectivity index is 1.32. The molecular weight excluding hydrogens is 420 g/mol. The van der Waals surface area contributed by atoms with Crippen molar-refractivity contribution >= 4 is 17.7 Å². The van der Waals surface area contributed by atoms with Gasteiger partial charge in [0.15, 0.2) is 5.76 Å². The van der Waals surface area contributed by atoms with Crippen molar-refractivity contribution in [2.75, 3.05) is 12.4 Å². The zero-order valence-corrected chi connectivity index (χ0v) is 18.2. The van der Waals surface area contributed by atoms with Crippen LogP contribution in [0.4, 0.5) is 0 Å². The van der Waals surface area contributed by atoms with Crippen molar-refractivity contribution in [1.29, 1.82) is 0 Å². The summed E-state index contributed by atoms with van der Waals surface area (Å²) in [7, 11) is 0. The van der Waals surface area contributed by atoms with E-state index in [0.29, 0.717) is 17.6 Å². The molecule has 1 aliphatic heterocycles. The van der Waals surface area contributed by atoms with Crippen LogP contribution < -0.4 is 10.1 Å². The van der Waals surface area contributed by atoms with Crippen molar-refractivity contribution in [2.24, 2.45) is 0 Å². The molecule has 1 aromatic heterocycles. The zero-order valence-electron chi connectivity index (χ0n) is 17.4. The lowest BCUT2D eigenvalue weighted by atomic mass is 10.0. The molecule has 1 atom stereocenters. The van der Waals surface area contributed by atoms with Gasteiger partial charge in [-0.2, -0.15) is 0 Å². The van der Waals surface area contributed by atoms with Crippen LogP contribution in [0.2, 0.25) is 0 Å². The van der Waals surface area contributed by atoms with Crippen LogP contribution in [0.3, 0.4) is 0 Å². The predicted molar refractivity (Wildman–Crippen MR) is 126 cm³/mol. The maximum atomic E-state index is 12.7. The number of rotatable bonds is 6. The number of fused-ring (bicyclic) bond motifs is 1. The summed E-state index contributed by atoms with van der Waals surface area (Å²) in [5.74, 6) is 1.71. The SMILES string of the molecule is O=C(CSc1nc(-c2ccccc2)c(-c2ccccc2)o1)NC1CCOc2ccccc21. The minimum atomic E-state index is -0.0579. The molecular formula is C26H22N2O3S. The second-order valence-corrected chi connectivity index (χ2v) is 8.40. The third kappa shape index (κ3) is 4.41. The molecule has 4 aromatic rings. The van der Waals surface area contributed by atoms with Crippen LogP contribution in [0.25, 0.3) is 22.6 Å². The van der Waals surface area contributed by atoms with Gasteiger partial charge in [-0.15, -0.1) is 0 Å². The summed E-state index contributed by atoms with van der Waals surface area (Å²) >= 11 is 1.30. The van der Waals surface area contributed by atoms with E-state index in [1.165, 1.54) is 11.8 Å². The van der Waals surface area contributed by atoms with Gasteiger partial charge in [-0.05, 0) is 6.07 Å². The van der Waals surface area contributed by atoms with Gasteiger partial charge in [-0.25, -0.2) is 4.98 Å². The summed E-state index contributed by atoms with van der Waals surface area (Å²) in [6.45, 7) is 0.593. The summed E-state index contributed by atoms with van der Waals surface area (Å²) in [5.41, 5.74) is 3.73. The van der Waals surface area contributed by atoms with Crippen LogP contribution in [-0.2, 0) is 4.79 Å². The second-order valence-electron chi connectivity index (χ2n) is 7.47. The molecule has 32 heavy (non-hydrogen) atoms. The van der Waals surface area contributed by atoms with E-state index < -0.39 is 0 Å². The molecule has 1 amide bonds. The van der Waals surface area contributed by atoms with Crippen molar-refractivity contribution < 1.29 is 13.9 Å². The van der Waals surface area contributed by atoms with Crippen molar-refractivity contribution in [1.82, 2.24) is 10.3 Å². The Morgan fingerprint density at radius 2 is 1.62 bits per heavy atom. The lowest BCUT2D eigenvalue weighted by Gasteiger charge is -2.26. The number of oxazole rings is 1. The number of amides is 1. The molecule has 6 heteroatoms. The predicted octanol–water partition coefficient (Wildman–Crippen LogP) is 5.74. The van der Waals surface area contributed by atoms with Crippen LogP contribution in [0.15, 0.2) is 94.6 Å². The number of benzene rings is 3. The first-order chi connectivity index (χ1) is 15.8. The highest BCUT2D eigenvalue weighted by Crippen LogP contribution is 2.36. The summed E-state index contributed by atoms with van der Waals surface area (Å²) in [5, 5.41) is 3.60. The van der Waals surface area contributed by atoms with Gasteiger partial charge in [0, 0.05) is 23.1 Å². The Hall–Kier alpha value is -3.51. The molecule has 160 valence electrons. The van der Waals surface area contributed by atoms with Gasteiger partial charge < -0.3 is 14.5 Å². The Kier molecular flexibility index (Phi) is 5.94. The number of para-hydroxylation sites is 1. The van der Waals surface area contributed by atoms with Crippen molar-refractivity contribution in [2.45, 2.75) is 17.7 Å². The zero-order chi connectivity index (χ0) is 21.8. The molecule has 1 N–H and O–H groups in total. The lowest BCUT2D eigenvalue weighted by molar-refractivity contribution is -0.119. The topological polar surface area (TPSA) is 64.4 Å². The molecule has 5 rings (SSSR count). The number of aromatic nitrogens is 1. The highest BCUT2D eigenvalue weighted by atomic mass is 32.2. The third-order valence-electron chi connectivity index (χ3n) is 5.31.